The molecule has 6 fully saturated rings. The first-order valence-electron chi connectivity index (χ1n) is 11.0. The Morgan fingerprint density at radius 1 is 1.07 bits per heavy atom. The standard InChI is InChI=1S/C23H28O4/c1-20-6-3-12(24)9-16(20)13-10-14(13)19-15-4-7-22(8-5-18(25)27-22)21(15,2)11-17-23(19,20)26-17/h14-15,17,19H,3-11H2,1-2H3/t14-,15-,17+,19-,20-,21-,22+,23+/m0/s1. The summed E-state index contributed by atoms with van der Waals surface area (Å²) < 4.78 is 12.8. The molecule has 0 unspecified atom stereocenters. The van der Waals surface area contributed by atoms with E-state index in [4.69, 9.17) is 9.47 Å². The Balaban J connectivity index is 1.36. The Hall–Kier alpha value is -1.16. The molecule has 4 heteroatoms. The van der Waals surface area contributed by atoms with E-state index in [1.807, 2.05) is 0 Å². The highest BCUT2D eigenvalue weighted by atomic mass is 16.6. The van der Waals surface area contributed by atoms with Crippen LogP contribution in [0.2, 0.25) is 0 Å². The van der Waals surface area contributed by atoms with E-state index < -0.39 is 0 Å². The Kier molecular flexibility index (Phi) is 2.46. The van der Waals surface area contributed by atoms with Gasteiger partial charge in [0.05, 0.1) is 6.10 Å². The minimum Gasteiger partial charge on any atom is -0.458 e. The van der Waals surface area contributed by atoms with Crippen LogP contribution >= 0.6 is 0 Å². The van der Waals surface area contributed by atoms with Crippen molar-refractivity contribution in [3.05, 3.63) is 11.1 Å². The Labute approximate surface area is 160 Å². The molecule has 2 heterocycles. The van der Waals surface area contributed by atoms with Gasteiger partial charge >= 0.3 is 5.97 Å². The number of hydrogen-bond acceptors (Lipinski definition) is 4. The number of allylic oxidation sites excluding steroid dienone is 1. The Morgan fingerprint density at radius 2 is 1.93 bits per heavy atom. The van der Waals surface area contributed by atoms with E-state index in [9.17, 15) is 9.59 Å². The van der Waals surface area contributed by atoms with Crippen LogP contribution in [0.25, 0.3) is 0 Å². The molecule has 2 spiro atoms. The second-order valence-electron chi connectivity index (χ2n) is 11.0. The van der Waals surface area contributed by atoms with E-state index >= 15 is 0 Å². The molecule has 2 saturated heterocycles. The van der Waals surface area contributed by atoms with Gasteiger partial charge < -0.3 is 9.47 Å². The second kappa shape index (κ2) is 4.22. The van der Waals surface area contributed by atoms with Crippen LogP contribution < -0.4 is 0 Å². The monoisotopic (exact) mass is 368 g/mol. The topological polar surface area (TPSA) is 55.9 Å². The smallest absolute Gasteiger partial charge is 0.306 e. The predicted octanol–water partition coefficient (Wildman–Crippen LogP) is 3.73. The summed E-state index contributed by atoms with van der Waals surface area (Å²) in [5, 5.41) is 0. The summed E-state index contributed by atoms with van der Waals surface area (Å²) >= 11 is 0. The second-order valence-corrected chi connectivity index (χ2v) is 11.0. The lowest BCUT2D eigenvalue weighted by Gasteiger charge is -2.56. The maximum atomic E-state index is 12.2. The highest BCUT2D eigenvalue weighted by Crippen LogP contribution is 2.81. The average Bonchev–Trinajstić information content (AvgIpc) is 3.49. The Morgan fingerprint density at radius 3 is 2.70 bits per heavy atom. The van der Waals surface area contributed by atoms with Crippen LogP contribution in [-0.2, 0) is 19.1 Å². The highest BCUT2D eigenvalue weighted by molar-refractivity contribution is 5.84. The first-order chi connectivity index (χ1) is 12.8. The van der Waals surface area contributed by atoms with Gasteiger partial charge in [0, 0.05) is 36.0 Å². The average molecular weight is 368 g/mol. The number of Topliss-reactive ketones (excluding diaryl/α,β-unsaturated/α-hetero) is 1. The molecule has 0 N–H and O–H groups in total. The minimum absolute atomic E-state index is 0.00104. The first-order valence-corrected chi connectivity index (χ1v) is 11.0. The fourth-order valence-corrected chi connectivity index (χ4v) is 9.04. The van der Waals surface area contributed by atoms with Gasteiger partial charge in [0.25, 0.3) is 0 Å². The van der Waals surface area contributed by atoms with Crippen molar-refractivity contribution in [1.29, 1.82) is 0 Å². The van der Waals surface area contributed by atoms with Crippen LogP contribution in [0, 0.1) is 28.6 Å². The number of hydrogen-bond donors (Lipinski definition) is 0. The predicted molar refractivity (Wildman–Crippen MR) is 96.7 cm³/mol. The van der Waals surface area contributed by atoms with E-state index in [0.717, 1.165) is 25.7 Å². The molecule has 0 aromatic carbocycles. The molecule has 4 saturated carbocycles. The molecule has 8 atom stereocenters. The zero-order valence-electron chi connectivity index (χ0n) is 16.3. The summed E-state index contributed by atoms with van der Waals surface area (Å²) in [6.07, 6.45) is 8.54. The summed E-state index contributed by atoms with van der Waals surface area (Å²) in [6, 6.07) is 0. The largest absolute Gasteiger partial charge is 0.458 e. The molecule has 2 aliphatic heterocycles. The molecule has 0 amide bonds. The molecule has 27 heavy (non-hydrogen) atoms. The number of carbonyl (C=O) groups excluding carboxylic acids is 2. The van der Waals surface area contributed by atoms with Gasteiger partial charge in [0.1, 0.15) is 17.0 Å². The maximum Gasteiger partial charge on any atom is 0.306 e. The van der Waals surface area contributed by atoms with Crippen LogP contribution in [0.15, 0.2) is 11.1 Å². The summed E-state index contributed by atoms with van der Waals surface area (Å²) in [7, 11) is 0. The maximum absolute atomic E-state index is 12.2. The lowest BCUT2D eigenvalue weighted by molar-refractivity contribution is -0.164. The van der Waals surface area contributed by atoms with Crippen molar-refractivity contribution >= 4 is 11.8 Å². The number of epoxide rings is 1. The zero-order chi connectivity index (χ0) is 18.4. The van der Waals surface area contributed by atoms with Crippen molar-refractivity contribution in [3.63, 3.8) is 0 Å². The Bertz CT molecular complexity index is 858. The third-order valence-electron chi connectivity index (χ3n) is 10.4. The summed E-state index contributed by atoms with van der Waals surface area (Å²) in [4.78, 5) is 24.3. The van der Waals surface area contributed by atoms with Crippen LogP contribution in [0.3, 0.4) is 0 Å². The normalized spacial score (nSPS) is 59.6. The van der Waals surface area contributed by atoms with Gasteiger partial charge in [-0.25, -0.2) is 0 Å². The molecular formula is C23H28O4. The lowest BCUT2D eigenvalue weighted by Crippen LogP contribution is -2.60. The van der Waals surface area contributed by atoms with Crippen molar-refractivity contribution < 1.29 is 19.1 Å². The molecule has 7 aliphatic rings. The van der Waals surface area contributed by atoms with Crippen molar-refractivity contribution in [2.45, 2.75) is 88.9 Å². The first kappa shape index (κ1) is 15.7. The van der Waals surface area contributed by atoms with Crippen molar-refractivity contribution in [3.8, 4) is 0 Å². The molecule has 4 nitrogen and oxygen atoms in total. The quantitative estimate of drug-likeness (QED) is 0.371. The number of ether oxygens (including phenoxy) is 2. The molecule has 0 radical (unpaired) electrons. The van der Waals surface area contributed by atoms with Crippen molar-refractivity contribution in [2.24, 2.45) is 28.6 Å². The van der Waals surface area contributed by atoms with E-state index in [0.29, 0.717) is 42.8 Å². The van der Waals surface area contributed by atoms with Gasteiger partial charge in [0.2, 0.25) is 0 Å². The number of esters is 1. The lowest BCUT2D eigenvalue weighted by atomic mass is 9.46. The number of ketones is 1. The van der Waals surface area contributed by atoms with Crippen LogP contribution in [0.4, 0.5) is 0 Å². The van der Waals surface area contributed by atoms with Gasteiger partial charge in [-0.2, -0.15) is 0 Å². The van der Waals surface area contributed by atoms with Gasteiger partial charge in [-0.15, -0.1) is 0 Å². The van der Waals surface area contributed by atoms with Crippen molar-refractivity contribution in [2.75, 3.05) is 0 Å². The van der Waals surface area contributed by atoms with E-state index in [1.54, 1.807) is 5.57 Å². The number of rotatable bonds is 0. The molecular weight excluding hydrogens is 340 g/mol. The van der Waals surface area contributed by atoms with E-state index in [-0.39, 0.29) is 34.1 Å². The van der Waals surface area contributed by atoms with Gasteiger partial charge in [0.15, 0.2) is 0 Å². The van der Waals surface area contributed by atoms with Gasteiger partial charge in [-0.05, 0) is 50.4 Å². The SMILES string of the molecule is C[C@]12CCC(=O)CC1=C1C[C@@H]1[C@H]1[C@@H]3CC[C@@]4(CCC(=O)O4)[C@@]3(C)C[C@H]3O[C@@]132. The van der Waals surface area contributed by atoms with Crippen LogP contribution in [-0.4, -0.2) is 29.1 Å². The fraction of sp³-hybridized carbons (Fsp3) is 0.826. The molecule has 0 bridgehead atoms. The van der Waals surface area contributed by atoms with Crippen molar-refractivity contribution in [1.82, 2.24) is 0 Å². The fourth-order valence-electron chi connectivity index (χ4n) is 9.04. The zero-order valence-corrected chi connectivity index (χ0v) is 16.3. The third kappa shape index (κ3) is 1.47. The summed E-state index contributed by atoms with van der Waals surface area (Å²) in [5.74, 6) is 2.20. The molecule has 0 aromatic heterocycles. The van der Waals surface area contributed by atoms with Crippen LogP contribution in [0.5, 0.6) is 0 Å². The molecule has 7 rings (SSSR count). The van der Waals surface area contributed by atoms with E-state index in [2.05, 4.69) is 13.8 Å². The van der Waals surface area contributed by atoms with Gasteiger partial charge in [-0.1, -0.05) is 25.0 Å². The minimum atomic E-state index is -0.241. The van der Waals surface area contributed by atoms with Crippen LogP contribution in [0.1, 0.15) is 71.6 Å². The number of carbonyl (C=O) groups is 2. The highest BCUT2D eigenvalue weighted by Gasteiger charge is 2.84. The summed E-state index contributed by atoms with van der Waals surface area (Å²) in [5.41, 5.74) is 2.90. The van der Waals surface area contributed by atoms with Gasteiger partial charge in [-0.3, -0.25) is 9.59 Å². The molecule has 5 aliphatic carbocycles. The third-order valence-corrected chi connectivity index (χ3v) is 10.4. The molecule has 0 aromatic rings. The molecule has 144 valence electrons. The summed E-state index contributed by atoms with van der Waals surface area (Å²) in [6.45, 7) is 4.81. The number of fused-ring (bicyclic) bond motifs is 6. The van der Waals surface area contributed by atoms with E-state index in [1.165, 1.54) is 18.4 Å².